The first-order valence-corrected chi connectivity index (χ1v) is 8.22. The van der Waals surface area contributed by atoms with Crippen LogP contribution in [-0.4, -0.2) is 21.5 Å². The fraction of sp³-hybridized carbons (Fsp3) is 0.636. The highest BCUT2D eigenvalue weighted by Gasteiger charge is 2.23. The van der Waals surface area contributed by atoms with Crippen molar-refractivity contribution < 1.29 is 8.42 Å². The summed E-state index contributed by atoms with van der Waals surface area (Å²) in [6, 6.07) is 1.88. The predicted molar refractivity (Wildman–Crippen MR) is 69.7 cm³/mol. The molecule has 0 aromatic carbocycles. The van der Waals surface area contributed by atoms with Crippen molar-refractivity contribution in [1.82, 2.24) is 10.0 Å². The van der Waals surface area contributed by atoms with Crippen LogP contribution in [0.5, 0.6) is 0 Å². The number of sulfonamides is 1. The second-order valence-electron chi connectivity index (χ2n) is 4.41. The standard InChI is InChI=1S/C11H18N2O2S2/c1-12-7-9-6-11(16-8-9)17(14,15)13-10-4-2-3-5-10/h6,8,10,12-13H,2-5,7H2,1H3. The van der Waals surface area contributed by atoms with Crippen LogP contribution in [0.15, 0.2) is 15.7 Å². The zero-order chi connectivity index (χ0) is 12.3. The Morgan fingerprint density at radius 2 is 2.12 bits per heavy atom. The summed E-state index contributed by atoms with van der Waals surface area (Å²) in [5.74, 6) is 0. The van der Waals surface area contributed by atoms with E-state index >= 15 is 0 Å². The van der Waals surface area contributed by atoms with Crippen molar-refractivity contribution in [2.45, 2.75) is 42.5 Å². The molecule has 0 radical (unpaired) electrons. The third-order valence-corrected chi connectivity index (χ3v) is 5.96. The Morgan fingerprint density at radius 1 is 1.41 bits per heavy atom. The molecule has 1 aromatic heterocycles. The maximum absolute atomic E-state index is 12.1. The Labute approximate surface area is 106 Å². The van der Waals surface area contributed by atoms with Gasteiger partial charge in [0.05, 0.1) is 0 Å². The minimum Gasteiger partial charge on any atom is -0.316 e. The van der Waals surface area contributed by atoms with Crippen LogP contribution in [0.25, 0.3) is 0 Å². The van der Waals surface area contributed by atoms with Crippen LogP contribution >= 0.6 is 11.3 Å². The van der Waals surface area contributed by atoms with Crippen LogP contribution in [0.4, 0.5) is 0 Å². The molecule has 2 N–H and O–H groups in total. The summed E-state index contributed by atoms with van der Waals surface area (Å²) in [4.78, 5) is 0. The number of nitrogens with one attached hydrogen (secondary N) is 2. The molecule has 0 amide bonds. The quantitative estimate of drug-likeness (QED) is 0.859. The summed E-state index contributed by atoms with van der Waals surface area (Å²) in [6.07, 6.45) is 4.19. The first-order valence-electron chi connectivity index (χ1n) is 5.86. The van der Waals surface area contributed by atoms with E-state index in [2.05, 4.69) is 10.0 Å². The van der Waals surface area contributed by atoms with Crippen molar-refractivity contribution in [2.75, 3.05) is 7.05 Å². The molecule has 17 heavy (non-hydrogen) atoms. The highest BCUT2D eigenvalue weighted by atomic mass is 32.2. The third-order valence-electron chi connectivity index (χ3n) is 2.95. The van der Waals surface area contributed by atoms with Crippen LogP contribution in [0, 0.1) is 0 Å². The van der Waals surface area contributed by atoms with Gasteiger partial charge < -0.3 is 5.32 Å². The van der Waals surface area contributed by atoms with Crippen LogP contribution in [-0.2, 0) is 16.6 Å². The molecule has 1 heterocycles. The Kier molecular flexibility index (Phi) is 4.19. The van der Waals surface area contributed by atoms with E-state index in [0.29, 0.717) is 10.8 Å². The van der Waals surface area contributed by atoms with Gasteiger partial charge in [-0.3, -0.25) is 0 Å². The second kappa shape index (κ2) is 5.48. The maximum Gasteiger partial charge on any atom is 0.250 e. The van der Waals surface area contributed by atoms with Crippen molar-refractivity contribution >= 4 is 21.4 Å². The molecule has 0 bridgehead atoms. The maximum atomic E-state index is 12.1. The van der Waals surface area contributed by atoms with Gasteiger partial charge in [-0.1, -0.05) is 12.8 Å². The smallest absolute Gasteiger partial charge is 0.250 e. The molecule has 0 aliphatic heterocycles. The lowest BCUT2D eigenvalue weighted by Gasteiger charge is -2.10. The van der Waals surface area contributed by atoms with Crippen LogP contribution in [0.1, 0.15) is 31.2 Å². The van der Waals surface area contributed by atoms with E-state index in [-0.39, 0.29) is 6.04 Å². The van der Waals surface area contributed by atoms with Crippen LogP contribution < -0.4 is 10.0 Å². The number of thiophene rings is 1. The summed E-state index contributed by atoms with van der Waals surface area (Å²) in [6.45, 7) is 0.704. The Hall–Kier alpha value is -0.430. The fourth-order valence-electron chi connectivity index (χ4n) is 2.11. The molecule has 1 aliphatic carbocycles. The average molecular weight is 274 g/mol. The van der Waals surface area contributed by atoms with Gasteiger partial charge >= 0.3 is 0 Å². The summed E-state index contributed by atoms with van der Waals surface area (Å²) >= 11 is 1.29. The van der Waals surface area contributed by atoms with Crippen molar-refractivity contribution in [3.8, 4) is 0 Å². The zero-order valence-corrected chi connectivity index (χ0v) is 11.5. The Bertz CT molecular complexity index is 462. The van der Waals surface area contributed by atoms with Crippen LogP contribution in [0.2, 0.25) is 0 Å². The molecule has 0 unspecified atom stereocenters. The first kappa shape index (κ1) is 13.0. The van der Waals surface area contributed by atoms with E-state index in [9.17, 15) is 8.42 Å². The fourth-order valence-corrected chi connectivity index (χ4v) is 4.64. The van der Waals surface area contributed by atoms with Crippen molar-refractivity contribution in [3.63, 3.8) is 0 Å². The van der Waals surface area contributed by atoms with Gasteiger partial charge in [0.2, 0.25) is 10.0 Å². The molecule has 1 aliphatic rings. The van der Waals surface area contributed by atoms with Gasteiger partial charge in [-0.2, -0.15) is 0 Å². The molecule has 2 rings (SSSR count). The molecule has 1 saturated carbocycles. The minimum absolute atomic E-state index is 0.134. The molecule has 96 valence electrons. The lowest BCUT2D eigenvalue weighted by Crippen LogP contribution is -2.32. The third kappa shape index (κ3) is 3.28. The summed E-state index contributed by atoms with van der Waals surface area (Å²) in [5.41, 5.74) is 1.02. The number of rotatable bonds is 5. The lowest BCUT2D eigenvalue weighted by molar-refractivity contribution is 0.554. The highest BCUT2D eigenvalue weighted by molar-refractivity contribution is 7.91. The van der Waals surface area contributed by atoms with Gasteiger partial charge in [-0.05, 0) is 36.9 Å². The predicted octanol–water partition coefficient (Wildman–Crippen LogP) is 1.69. The molecule has 1 fully saturated rings. The van der Waals surface area contributed by atoms with E-state index in [0.717, 1.165) is 31.2 Å². The molecule has 1 aromatic rings. The van der Waals surface area contributed by atoms with Crippen molar-refractivity contribution in [2.24, 2.45) is 0 Å². The molecule has 4 nitrogen and oxygen atoms in total. The van der Waals surface area contributed by atoms with E-state index in [4.69, 9.17) is 0 Å². The van der Waals surface area contributed by atoms with Gasteiger partial charge in [0.1, 0.15) is 4.21 Å². The van der Waals surface area contributed by atoms with E-state index < -0.39 is 10.0 Å². The van der Waals surface area contributed by atoms with E-state index in [1.165, 1.54) is 11.3 Å². The molecular formula is C11H18N2O2S2. The summed E-state index contributed by atoms with van der Waals surface area (Å²) in [7, 11) is -1.45. The SMILES string of the molecule is CNCc1csc(S(=O)(=O)NC2CCCC2)c1. The average Bonchev–Trinajstić information content (AvgIpc) is 2.88. The molecule has 0 atom stereocenters. The van der Waals surface area contributed by atoms with Crippen molar-refractivity contribution in [1.29, 1.82) is 0 Å². The first-order chi connectivity index (χ1) is 8.12. The van der Waals surface area contributed by atoms with Gasteiger partial charge in [0.15, 0.2) is 0 Å². The number of hydrogen-bond donors (Lipinski definition) is 2. The topological polar surface area (TPSA) is 58.2 Å². The summed E-state index contributed by atoms with van der Waals surface area (Å²) in [5, 5.41) is 4.90. The zero-order valence-electron chi connectivity index (χ0n) is 9.90. The molecule has 6 heteroatoms. The second-order valence-corrected chi connectivity index (χ2v) is 7.26. The monoisotopic (exact) mass is 274 g/mol. The number of hydrogen-bond acceptors (Lipinski definition) is 4. The summed E-state index contributed by atoms with van der Waals surface area (Å²) < 4.78 is 27.4. The Balaban J connectivity index is 2.07. The molecule has 0 spiro atoms. The highest BCUT2D eigenvalue weighted by Crippen LogP contribution is 2.24. The van der Waals surface area contributed by atoms with Crippen LogP contribution in [0.3, 0.4) is 0 Å². The largest absolute Gasteiger partial charge is 0.316 e. The van der Waals surface area contributed by atoms with Gasteiger partial charge in [0, 0.05) is 12.6 Å². The normalized spacial score (nSPS) is 17.7. The van der Waals surface area contributed by atoms with Gasteiger partial charge in [-0.15, -0.1) is 11.3 Å². The van der Waals surface area contributed by atoms with Gasteiger partial charge in [-0.25, -0.2) is 13.1 Å². The van der Waals surface area contributed by atoms with Gasteiger partial charge in [0.25, 0.3) is 0 Å². The minimum atomic E-state index is -3.30. The van der Waals surface area contributed by atoms with Crippen molar-refractivity contribution in [3.05, 3.63) is 17.0 Å². The van der Waals surface area contributed by atoms with E-state index in [1.807, 2.05) is 12.4 Å². The van der Waals surface area contributed by atoms with E-state index in [1.54, 1.807) is 6.07 Å². The Morgan fingerprint density at radius 3 is 2.76 bits per heavy atom. The molecular weight excluding hydrogens is 256 g/mol. The lowest BCUT2D eigenvalue weighted by atomic mass is 10.3. The molecule has 0 saturated heterocycles.